The number of aromatic nitrogens is 5. The monoisotopic (exact) mass is 342 g/mol. The maximum absolute atomic E-state index is 12.8. The fraction of sp³-hybridized carbons (Fsp3) is 0.571. The molecule has 1 N–H and O–H groups in total. The summed E-state index contributed by atoms with van der Waals surface area (Å²) < 4.78 is 38.3. The van der Waals surface area contributed by atoms with E-state index in [1.165, 1.54) is 13.3 Å². The minimum absolute atomic E-state index is 0.186. The zero-order chi connectivity index (χ0) is 17.3. The zero-order valence-corrected chi connectivity index (χ0v) is 13.0. The molecule has 24 heavy (non-hydrogen) atoms. The van der Waals surface area contributed by atoms with E-state index in [0.29, 0.717) is 12.4 Å². The number of nitrogens with zero attached hydrogens (tertiary/aromatic N) is 5. The van der Waals surface area contributed by atoms with Gasteiger partial charge < -0.3 is 4.90 Å². The molecular formula is C14H17F3N6O. The SMILES string of the molecule is Cc1nn(CC(F)(F)F)cc1C(=O)N1CCCC[C@@H]1c1ncn[nH]1. The molecule has 0 aromatic carbocycles. The second-order valence-corrected chi connectivity index (χ2v) is 5.82. The molecule has 1 aliphatic heterocycles. The van der Waals surface area contributed by atoms with Crippen LogP contribution in [0.1, 0.15) is 47.2 Å². The molecule has 2 aromatic rings. The van der Waals surface area contributed by atoms with Gasteiger partial charge in [-0.25, -0.2) is 4.98 Å². The Labute approximate surface area is 135 Å². The molecule has 7 nitrogen and oxygen atoms in total. The van der Waals surface area contributed by atoms with Gasteiger partial charge in [-0.3, -0.25) is 14.6 Å². The summed E-state index contributed by atoms with van der Waals surface area (Å²) in [5, 5.41) is 10.4. The van der Waals surface area contributed by atoms with Gasteiger partial charge in [0.25, 0.3) is 5.91 Å². The van der Waals surface area contributed by atoms with Crippen molar-refractivity contribution in [3.63, 3.8) is 0 Å². The highest BCUT2D eigenvalue weighted by Crippen LogP contribution is 2.30. The number of hydrogen-bond donors (Lipinski definition) is 1. The molecule has 1 saturated heterocycles. The zero-order valence-electron chi connectivity index (χ0n) is 13.0. The van der Waals surface area contributed by atoms with E-state index in [2.05, 4.69) is 20.3 Å². The van der Waals surface area contributed by atoms with E-state index in [-0.39, 0.29) is 23.2 Å². The van der Waals surface area contributed by atoms with Crippen molar-refractivity contribution < 1.29 is 18.0 Å². The Kier molecular flexibility index (Phi) is 4.29. The number of nitrogens with one attached hydrogen (secondary N) is 1. The van der Waals surface area contributed by atoms with E-state index in [1.54, 1.807) is 4.90 Å². The third kappa shape index (κ3) is 3.41. The molecule has 2 aromatic heterocycles. The van der Waals surface area contributed by atoms with Crippen LogP contribution in [0.4, 0.5) is 13.2 Å². The van der Waals surface area contributed by atoms with Crippen LogP contribution in [-0.4, -0.2) is 48.5 Å². The van der Waals surface area contributed by atoms with Crippen molar-refractivity contribution in [2.45, 2.75) is 44.9 Å². The largest absolute Gasteiger partial charge is 0.408 e. The van der Waals surface area contributed by atoms with Gasteiger partial charge in [-0.15, -0.1) is 0 Å². The second kappa shape index (κ2) is 6.25. The summed E-state index contributed by atoms with van der Waals surface area (Å²) in [7, 11) is 0. The smallest absolute Gasteiger partial charge is 0.328 e. The minimum atomic E-state index is -4.38. The molecule has 0 unspecified atom stereocenters. The average Bonchev–Trinajstić information content (AvgIpc) is 3.15. The molecule has 130 valence electrons. The number of amides is 1. The number of H-pyrrole nitrogens is 1. The van der Waals surface area contributed by atoms with Crippen LogP contribution in [0.3, 0.4) is 0 Å². The fourth-order valence-electron chi connectivity index (χ4n) is 2.98. The summed E-state index contributed by atoms with van der Waals surface area (Å²) in [6.07, 6.45) is 0.674. The maximum Gasteiger partial charge on any atom is 0.408 e. The van der Waals surface area contributed by atoms with E-state index in [4.69, 9.17) is 0 Å². The first-order chi connectivity index (χ1) is 11.3. The van der Waals surface area contributed by atoms with Gasteiger partial charge in [-0.1, -0.05) is 0 Å². The van der Waals surface area contributed by atoms with Gasteiger partial charge in [0, 0.05) is 12.7 Å². The molecule has 0 radical (unpaired) electrons. The van der Waals surface area contributed by atoms with Gasteiger partial charge in [-0.05, 0) is 26.2 Å². The number of alkyl halides is 3. The topological polar surface area (TPSA) is 79.7 Å². The predicted molar refractivity (Wildman–Crippen MR) is 77.0 cm³/mol. The van der Waals surface area contributed by atoms with E-state index in [1.807, 2.05) is 0 Å². The molecule has 1 atom stereocenters. The Bertz CT molecular complexity index is 709. The first-order valence-corrected chi connectivity index (χ1v) is 7.62. The number of piperidine rings is 1. The molecule has 0 aliphatic carbocycles. The van der Waals surface area contributed by atoms with Gasteiger partial charge in [0.1, 0.15) is 18.7 Å². The van der Waals surface area contributed by atoms with Crippen LogP contribution in [0.5, 0.6) is 0 Å². The lowest BCUT2D eigenvalue weighted by molar-refractivity contribution is -0.142. The molecule has 3 rings (SSSR count). The summed E-state index contributed by atoms with van der Waals surface area (Å²) in [4.78, 5) is 18.6. The van der Waals surface area contributed by atoms with Crippen molar-refractivity contribution in [3.8, 4) is 0 Å². The van der Waals surface area contributed by atoms with Crippen LogP contribution in [0, 0.1) is 6.92 Å². The van der Waals surface area contributed by atoms with Crippen molar-refractivity contribution in [1.82, 2.24) is 29.9 Å². The van der Waals surface area contributed by atoms with Crippen molar-refractivity contribution in [1.29, 1.82) is 0 Å². The minimum Gasteiger partial charge on any atom is -0.328 e. The van der Waals surface area contributed by atoms with Gasteiger partial charge in [0.15, 0.2) is 0 Å². The summed E-state index contributed by atoms with van der Waals surface area (Å²) in [5.41, 5.74) is 0.469. The van der Waals surface area contributed by atoms with E-state index < -0.39 is 12.7 Å². The van der Waals surface area contributed by atoms with Gasteiger partial charge in [0.05, 0.1) is 17.3 Å². The summed E-state index contributed by atoms with van der Waals surface area (Å²) >= 11 is 0. The Morgan fingerprint density at radius 2 is 2.21 bits per heavy atom. The number of carbonyl (C=O) groups excluding carboxylic acids is 1. The molecule has 1 fully saturated rings. The van der Waals surface area contributed by atoms with E-state index in [9.17, 15) is 18.0 Å². The first kappa shape index (κ1) is 16.5. The number of aryl methyl sites for hydroxylation is 1. The van der Waals surface area contributed by atoms with Crippen LogP contribution in [0.15, 0.2) is 12.5 Å². The molecule has 1 aliphatic rings. The first-order valence-electron chi connectivity index (χ1n) is 7.62. The molecule has 1 amide bonds. The van der Waals surface area contributed by atoms with Gasteiger partial charge >= 0.3 is 6.18 Å². The van der Waals surface area contributed by atoms with Crippen LogP contribution in [0.25, 0.3) is 0 Å². The Morgan fingerprint density at radius 3 is 2.88 bits per heavy atom. The Balaban J connectivity index is 1.84. The average molecular weight is 342 g/mol. The summed E-state index contributed by atoms with van der Waals surface area (Å²) in [5.74, 6) is 0.255. The van der Waals surface area contributed by atoms with Crippen LogP contribution in [-0.2, 0) is 6.54 Å². The normalized spacial score (nSPS) is 18.8. The van der Waals surface area contributed by atoms with Gasteiger partial charge in [0.2, 0.25) is 0 Å². The third-order valence-corrected chi connectivity index (χ3v) is 4.03. The molecule has 0 saturated carbocycles. The maximum atomic E-state index is 12.8. The highest BCUT2D eigenvalue weighted by Gasteiger charge is 2.33. The summed E-state index contributed by atoms with van der Waals surface area (Å²) in [6.45, 7) is 0.842. The number of rotatable bonds is 3. The molecule has 0 bridgehead atoms. The molecule has 0 spiro atoms. The highest BCUT2D eigenvalue weighted by atomic mass is 19.4. The molecular weight excluding hydrogens is 325 g/mol. The van der Waals surface area contributed by atoms with Gasteiger partial charge in [-0.2, -0.15) is 23.4 Å². The van der Waals surface area contributed by atoms with Crippen molar-refractivity contribution in [2.75, 3.05) is 6.54 Å². The number of aromatic amines is 1. The van der Waals surface area contributed by atoms with E-state index >= 15 is 0 Å². The number of hydrogen-bond acceptors (Lipinski definition) is 4. The van der Waals surface area contributed by atoms with Crippen molar-refractivity contribution in [3.05, 3.63) is 29.6 Å². The Morgan fingerprint density at radius 1 is 1.42 bits per heavy atom. The van der Waals surface area contributed by atoms with Crippen LogP contribution >= 0.6 is 0 Å². The molecule has 10 heteroatoms. The predicted octanol–water partition coefficient (Wildman–Crippen LogP) is 2.24. The fourth-order valence-corrected chi connectivity index (χ4v) is 2.98. The van der Waals surface area contributed by atoms with Crippen LogP contribution < -0.4 is 0 Å². The highest BCUT2D eigenvalue weighted by molar-refractivity contribution is 5.95. The lowest BCUT2D eigenvalue weighted by Crippen LogP contribution is -2.39. The summed E-state index contributed by atoms with van der Waals surface area (Å²) in [6, 6.07) is -0.251. The van der Waals surface area contributed by atoms with Crippen molar-refractivity contribution >= 4 is 5.91 Å². The van der Waals surface area contributed by atoms with E-state index in [0.717, 1.165) is 30.1 Å². The number of likely N-dealkylation sites (tertiary alicyclic amines) is 1. The quantitative estimate of drug-likeness (QED) is 0.928. The lowest BCUT2D eigenvalue weighted by atomic mass is 10.0. The molecule has 3 heterocycles. The standard InChI is InChI=1S/C14H17F3N6O/c1-9-10(6-22(21-9)7-14(15,16)17)13(24)23-5-3-2-4-11(23)12-18-8-19-20-12/h6,8,11H,2-5,7H2,1H3,(H,18,19,20)/t11-/m1/s1. The number of halogens is 3. The lowest BCUT2D eigenvalue weighted by Gasteiger charge is -2.34. The second-order valence-electron chi connectivity index (χ2n) is 5.82. The Hall–Kier alpha value is -2.39. The number of carbonyl (C=O) groups is 1. The van der Waals surface area contributed by atoms with Crippen molar-refractivity contribution in [2.24, 2.45) is 0 Å². The van der Waals surface area contributed by atoms with Crippen LogP contribution in [0.2, 0.25) is 0 Å². The third-order valence-electron chi connectivity index (χ3n) is 4.03.